The summed E-state index contributed by atoms with van der Waals surface area (Å²) in [5.41, 5.74) is 16.4. The van der Waals surface area contributed by atoms with E-state index in [0.29, 0.717) is 17.5 Å². The summed E-state index contributed by atoms with van der Waals surface area (Å²) in [7, 11) is -1.64. The van der Waals surface area contributed by atoms with Crippen LogP contribution in [-0.2, 0) is 5.41 Å². The van der Waals surface area contributed by atoms with Crippen LogP contribution in [0.15, 0.2) is 182 Å². The average molecular weight is 774 g/mol. The molecule has 3 aromatic heterocycles. The quantitative estimate of drug-likeness (QED) is 0.157. The third-order valence-electron chi connectivity index (χ3n) is 12.0. The van der Waals surface area contributed by atoms with Gasteiger partial charge in [0.25, 0.3) is 0 Å². The van der Waals surface area contributed by atoms with Crippen LogP contribution in [0.5, 0.6) is 0 Å². The molecule has 9 aromatic rings. The van der Waals surface area contributed by atoms with Crippen molar-refractivity contribution in [3.8, 4) is 78.9 Å². The van der Waals surface area contributed by atoms with Gasteiger partial charge < -0.3 is 0 Å². The van der Waals surface area contributed by atoms with Gasteiger partial charge in [0.1, 0.15) is 0 Å². The van der Waals surface area contributed by atoms with Gasteiger partial charge in [0.2, 0.25) is 0 Å². The lowest BCUT2D eigenvalue weighted by atomic mass is 9.70. The number of rotatable bonds is 6. The first kappa shape index (κ1) is 35.0. The van der Waals surface area contributed by atoms with Gasteiger partial charge in [0.05, 0.1) is 24.9 Å². The van der Waals surface area contributed by atoms with Gasteiger partial charge in [0, 0.05) is 29.1 Å². The van der Waals surface area contributed by atoms with Crippen LogP contribution in [-0.4, -0.2) is 33.0 Å². The zero-order valence-electron chi connectivity index (χ0n) is 33.1. The standard InChI is InChI=1S/C53H39N5Si/c1-59(2,3)41-25-27-43-42-26-24-39(32-46(42)53(47(43)33-41)44-22-12-28-54-48(44)49-45(53)23-13-29-55-49)37-19-10-18-36(30-37)38-20-11-21-40(31-38)52-57-50(34-14-6-4-7-15-34)56-51(58-52)35-16-8-5-9-17-35/h4-33H,1-3H3. The number of pyridine rings is 2. The number of fused-ring (bicyclic) bond motifs is 10. The van der Waals surface area contributed by atoms with Crippen molar-refractivity contribution in [1.29, 1.82) is 0 Å². The van der Waals surface area contributed by atoms with Crippen molar-refractivity contribution in [3.63, 3.8) is 0 Å². The predicted molar refractivity (Wildman–Crippen MR) is 242 cm³/mol. The van der Waals surface area contributed by atoms with E-state index in [1.54, 1.807) is 0 Å². The highest BCUT2D eigenvalue weighted by molar-refractivity contribution is 6.88. The fourth-order valence-corrected chi connectivity index (χ4v) is 10.3. The summed E-state index contributed by atoms with van der Waals surface area (Å²) >= 11 is 0. The normalized spacial score (nSPS) is 13.1. The first-order valence-corrected chi connectivity index (χ1v) is 23.7. The zero-order chi connectivity index (χ0) is 39.7. The molecule has 0 fully saturated rings. The summed E-state index contributed by atoms with van der Waals surface area (Å²) < 4.78 is 0. The lowest BCUT2D eigenvalue weighted by Crippen LogP contribution is -2.38. The van der Waals surface area contributed by atoms with Gasteiger partial charge >= 0.3 is 0 Å². The van der Waals surface area contributed by atoms with E-state index in [1.807, 2.05) is 73.1 Å². The first-order chi connectivity index (χ1) is 28.9. The molecule has 0 saturated carbocycles. The molecule has 5 nitrogen and oxygen atoms in total. The number of nitrogens with zero attached hydrogens (tertiary/aromatic N) is 5. The fraction of sp³-hybridized carbons (Fsp3) is 0.0755. The van der Waals surface area contributed by atoms with E-state index in [0.717, 1.165) is 44.8 Å². The Balaban J connectivity index is 1.04. The highest BCUT2D eigenvalue weighted by atomic mass is 28.3. The minimum atomic E-state index is -1.64. The highest BCUT2D eigenvalue weighted by Gasteiger charge is 2.53. The second kappa shape index (κ2) is 13.5. The molecule has 1 spiro atoms. The summed E-state index contributed by atoms with van der Waals surface area (Å²) in [5.74, 6) is 1.93. The Kier molecular flexibility index (Phi) is 8.00. The van der Waals surface area contributed by atoms with E-state index in [9.17, 15) is 0 Å². The SMILES string of the molecule is C[Si](C)(C)c1ccc2c(c1)C1(c3cc(-c4cccc(-c5cccc(-c6nc(-c7ccccc7)nc(-c7ccccc7)n6)c5)c4)ccc3-2)c2cccnc2-c2ncccc21. The molecule has 2 aliphatic rings. The third kappa shape index (κ3) is 5.63. The minimum absolute atomic E-state index is 0.517. The van der Waals surface area contributed by atoms with E-state index in [2.05, 4.69) is 129 Å². The third-order valence-corrected chi connectivity index (χ3v) is 14.0. The number of hydrogen-bond donors (Lipinski definition) is 0. The van der Waals surface area contributed by atoms with E-state index in [4.69, 9.17) is 24.9 Å². The maximum absolute atomic E-state index is 5.01. The van der Waals surface area contributed by atoms with Crippen LogP contribution in [0, 0.1) is 0 Å². The smallest absolute Gasteiger partial charge is 0.164 e. The van der Waals surface area contributed by atoms with Crippen LogP contribution >= 0.6 is 0 Å². The Hall–Kier alpha value is -7.15. The number of hydrogen-bond acceptors (Lipinski definition) is 5. The van der Waals surface area contributed by atoms with Gasteiger partial charge in [0.15, 0.2) is 17.5 Å². The molecule has 0 saturated heterocycles. The Morgan fingerprint density at radius 3 is 1.34 bits per heavy atom. The predicted octanol–water partition coefficient (Wildman–Crippen LogP) is 11.9. The topological polar surface area (TPSA) is 64.5 Å². The molecular weight excluding hydrogens is 735 g/mol. The van der Waals surface area contributed by atoms with Crippen LogP contribution in [0.25, 0.3) is 78.9 Å². The lowest BCUT2D eigenvalue weighted by Gasteiger charge is -2.31. The molecule has 0 radical (unpaired) electrons. The molecule has 0 amide bonds. The van der Waals surface area contributed by atoms with Gasteiger partial charge in [-0.25, -0.2) is 15.0 Å². The van der Waals surface area contributed by atoms with Gasteiger partial charge in [-0.1, -0.05) is 164 Å². The molecule has 6 aromatic carbocycles. The molecule has 0 bridgehead atoms. The monoisotopic (exact) mass is 773 g/mol. The van der Waals surface area contributed by atoms with Crippen molar-refractivity contribution in [2.24, 2.45) is 0 Å². The largest absolute Gasteiger partial charge is 0.254 e. The van der Waals surface area contributed by atoms with Gasteiger partial charge in [-0.2, -0.15) is 0 Å². The molecule has 3 heterocycles. The van der Waals surface area contributed by atoms with Crippen molar-refractivity contribution in [2.45, 2.75) is 25.1 Å². The summed E-state index contributed by atoms with van der Waals surface area (Å²) in [6.45, 7) is 7.29. The summed E-state index contributed by atoms with van der Waals surface area (Å²) in [6.07, 6.45) is 3.79. The zero-order valence-corrected chi connectivity index (χ0v) is 34.1. The van der Waals surface area contributed by atoms with Crippen molar-refractivity contribution in [3.05, 3.63) is 205 Å². The molecule has 0 N–H and O–H groups in total. The molecule has 280 valence electrons. The lowest BCUT2D eigenvalue weighted by molar-refractivity contribution is 0.790. The number of aromatic nitrogens is 5. The first-order valence-electron chi connectivity index (χ1n) is 20.2. The van der Waals surface area contributed by atoms with Gasteiger partial charge in [-0.15, -0.1) is 0 Å². The maximum atomic E-state index is 5.01. The maximum Gasteiger partial charge on any atom is 0.164 e. The fourth-order valence-electron chi connectivity index (χ4n) is 9.14. The molecular formula is C53H39N5Si. The highest BCUT2D eigenvalue weighted by Crippen LogP contribution is 2.62. The Labute approximate surface area is 345 Å². The van der Waals surface area contributed by atoms with E-state index in [-0.39, 0.29) is 0 Å². The van der Waals surface area contributed by atoms with Crippen molar-refractivity contribution in [2.75, 3.05) is 0 Å². The van der Waals surface area contributed by atoms with Crippen LogP contribution < -0.4 is 5.19 Å². The molecule has 0 atom stereocenters. The van der Waals surface area contributed by atoms with E-state index >= 15 is 0 Å². The van der Waals surface area contributed by atoms with Crippen LogP contribution in [0.1, 0.15) is 22.3 Å². The molecule has 2 aliphatic carbocycles. The van der Waals surface area contributed by atoms with Crippen molar-refractivity contribution < 1.29 is 0 Å². The van der Waals surface area contributed by atoms with Crippen molar-refractivity contribution >= 4 is 13.3 Å². The van der Waals surface area contributed by atoms with Crippen LogP contribution in [0.4, 0.5) is 0 Å². The Bertz CT molecular complexity index is 3000. The van der Waals surface area contributed by atoms with Crippen LogP contribution in [0.3, 0.4) is 0 Å². The molecule has 11 rings (SSSR count). The van der Waals surface area contributed by atoms with Gasteiger partial charge in [-0.3, -0.25) is 9.97 Å². The summed E-state index contributed by atoms with van der Waals surface area (Å²) in [6, 6.07) is 60.6. The van der Waals surface area contributed by atoms with E-state index < -0.39 is 13.5 Å². The van der Waals surface area contributed by atoms with Gasteiger partial charge in [-0.05, 0) is 86.0 Å². The second-order valence-electron chi connectivity index (χ2n) is 16.5. The summed E-state index contributed by atoms with van der Waals surface area (Å²) in [5, 5.41) is 1.45. The van der Waals surface area contributed by atoms with Crippen LogP contribution in [0.2, 0.25) is 19.6 Å². The van der Waals surface area contributed by atoms with E-state index in [1.165, 1.54) is 44.1 Å². The average Bonchev–Trinajstić information content (AvgIpc) is 3.76. The molecule has 6 heteroatoms. The molecule has 59 heavy (non-hydrogen) atoms. The molecule has 0 unspecified atom stereocenters. The Morgan fingerprint density at radius 2 is 0.797 bits per heavy atom. The summed E-state index contributed by atoms with van der Waals surface area (Å²) in [4.78, 5) is 24.8. The van der Waals surface area contributed by atoms with Crippen molar-refractivity contribution in [1.82, 2.24) is 24.9 Å². The second-order valence-corrected chi connectivity index (χ2v) is 21.6. The number of benzene rings is 6. The Morgan fingerprint density at radius 1 is 0.356 bits per heavy atom. The minimum Gasteiger partial charge on any atom is -0.254 e. The molecule has 0 aliphatic heterocycles.